The van der Waals surface area contributed by atoms with Gasteiger partial charge in [0.15, 0.2) is 0 Å². The molecule has 0 aliphatic heterocycles. The number of amides is 2. The number of anilines is 1. The number of benzene rings is 1. The Labute approximate surface area is 136 Å². The fourth-order valence-corrected chi connectivity index (χ4v) is 2.00. The predicted molar refractivity (Wildman–Crippen MR) is 87.6 cm³/mol. The molecule has 2 rings (SSSR count). The van der Waals surface area contributed by atoms with Crippen molar-refractivity contribution < 1.29 is 19.1 Å². The molecule has 0 radical (unpaired) electrons. The summed E-state index contributed by atoms with van der Waals surface area (Å²) in [6, 6.07) is 6.68. The SMILES string of the molecule is CCOC(=O)Nc1ccc(C(=O)NCCCOCC2CC2)cc1. The summed E-state index contributed by atoms with van der Waals surface area (Å²) in [6.45, 7) is 4.18. The number of ether oxygens (including phenoxy) is 2. The Bertz CT molecular complexity index is 512. The van der Waals surface area contributed by atoms with Crippen LogP contribution in [-0.4, -0.2) is 38.4 Å². The van der Waals surface area contributed by atoms with E-state index in [2.05, 4.69) is 10.6 Å². The quantitative estimate of drug-likeness (QED) is 0.686. The molecular weight excluding hydrogens is 296 g/mol. The highest BCUT2D eigenvalue weighted by atomic mass is 16.5. The van der Waals surface area contributed by atoms with Crippen molar-refractivity contribution in [3.63, 3.8) is 0 Å². The second-order valence-electron chi connectivity index (χ2n) is 5.55. The first-order chi connectivity index (χ1) is 11.2. The zero-order valence-corrected chi connectivity index (χ0v) is 13.5. The van der Waals surface area contributed by atoms with Crippen molar-refractivity contribution in [3.05, 3.63) is 29.8 Å². The molecule has 0 aromatic heterocycles. The highest BCUT2D eigenvalue weighted by Gasteiger charge is 2.20. The first-order valence-corrected chi connectivity index (χ1v) is 8.09. The van der Waals surface area contributed by atoms with Crippen LogP contribution in [-0.2, 0) is 9.47 Å². The van der Waals surface area contributed by atoms with Gasteiger partial charge in [0.1, 0.15) is 0 Å². The molecule has 0 spiro atoms. The highest BCUT2D eigenvalue weighted by molar-refractivity contribution is 5.95. The first-order valence-electron chi connectivity index (χ1n) is 8.09. The fraction of sp³-hybridized carbons (Fsp3) is 0.529. The van der Waals surface area contributed by atoms with Gasteiger partial charge in [0.25, 0.3) is 5.91 Å². The normalized spacial score (nSPS) is 13.4. The molecule has 0 heterocycles. The summed E-state index contributed by atoms with van der Waals surface area (Å²) in [5.41, 5.74) is 1.15. The van der Waals surface area contributed by atoms with Crippen molar-refractivity contribution >= 4 is 17.7 Å². The molecule has 1 saturated carbocycles. The van der Waals surface area contributed by atoms with Gasteiger partial charge in [-0.1, -0.05) is 0 Å². The van der Waals surface area contributed by atoms with Gasteiger partial charge in [0.05, 0.1) is 6.61 Å². The smallest absolute Gasteiger partial charge is 0.411 e. The second-order valence-corrected chi connectivity index (χ2v) is 5.55. The number of hydrogen-bond acceptors (Lipinski definition) is 4. The molecule has 126 valence electrons. The molecule has 2 N–H and O–H groups in total. The Morgan fingerprint density at radius 2 is 1.96 bits per heavy atom. The van der Waals surface area contributed by atoms with Crippen LogP contribution in [0.2, 0.25) is 0 Å². The molecule has 0 saturated heterocycles. The van der Waals surface area contributed by atoms with E-state index in [0.717, 1.165) is 18.9 Å². The molecule has 1 aliphatic carbocycles. The van der Waals surface area contributed by atoms with E-state index in [9.17, 15) is 9.59 Å². The van der Waals surface area contributed by atoms with E-state index in [1.165, 1.54) is 12.8 Å². The molecule has 0 bridgehead atoms. The van der Waals surface area contributed by atoms with Crippen molar-refractivity contribution in [1.82, 2.24) is 5.32 Å². The van der Waals surface area contributed by atoms with Crippen molar-refractivity contribution in [2.24, 2.45) is 5.92 Å². The molecule has 2 amide bonds. The zero-order chi connectivity index (χ0) is 16.5. The summed E-state index contributed by atoms with van der Waals surface area (Å²) in [4.78, 5) is 23.2. The minimum absolute atomic E-state index is 0.130. The van der Waals surface area contributed by atoms with Crippen LogP contribution >= 0.6 is 0 Å². The molecule has 1 aromatic rings. The molecule has 0 atom stereocenters. The average Bonchev–Trinajstić information content (AvgIpc) is 3.35. The zero-order valence-electron chi connectivity index (χ0n) is 13.5. The van der Waals surface area contributed by atoms with Gasteiger partial charge in [-0.3, -0.25) is 10.1 Å². The summed E-state index contributed by atoms with van der Waals surface area (Å²) >= 11 is 0. The van der Waals surface area contributed by atoms with Crippen LogP contribution in [0.3, 0.4) is 0 Å². The van der Waals surface area contributed by atoms with Crippen molar-refractivity contribution in [3.8, 4) is 0 Å². The van der Waals surface area contributed by atoms with Gasteiger partial charge < -0.3 is 14.8 Å². The van der Waals surface area contributed by atoms with E-state index in [1.54, 1.807) is 31.2 Å². The molecular formula is C17H24N2O4. The second kappa shape index (κ2) is 9.15. The van der Waals surface area contributed by atoms with Crippen molar-refractivity contribution in [2.45, 2.75) is 26.2 Å². The monoisotopic (exact) mass is 320 g/mol. The molecule has 1 aliphatic rings. The molecule has 1 aromatic carbocycles. The van der Waals surface area contributed by atoms with Crippen LogP contribution in [0.1, 0.15) is 36.5 Å². The summed E-state index contributed by atoms with van der Waals surface area (Å²) in [7, 11) is 0. The van der Waals surface area contributed by atoms with Gasteiger partial charge in [0, 0.05) is 31.0 Å². The molecule has 0 unspecified atom stereocenters. The Morgan fingerprint density at radius 1 is 1.22 bits per heavy atom. The third-order valence-electron chi connectivity index (χ3n) is 3.47. The topological polar surface area (TPSA) is 76.7 Å². The third kappa shape index (κ3) is 6.69. The van der Waals surface area contributed by atoms with Crippen LogP contribution in [0.4, 0.5) is 10.5 Å². The van der Waals surface area contributed by atoms with E-state index in [1.807, 2.05) is 0 Å². The van der Waals surface area contributed by atoms with Crippen LogP contribution in [0.25, 0.3) is 0 Å². The first kappa shape index (κ1) is 17.3. The van der Waals surface area contributed by atoms with Gasteiger partial charge >= 0.3 is 6.09 Å². The minimum Gasteiger partial charge on any atom is -0.450 e. The van der Waals surface area contributed by atoms with Crippen molar-refractivity contribution in [1.29, 1.82) is 0 Å². The van der Waals surface area contributed by atoms with E-state index >= 15 is 0 Å². The maximum atomic E-state index is 12.0. The van der Waals surface area contributed by atoms with Gasteiger partial charge in [-0.05, 0) is 56.4 Å². The van der Waals surface area contributed by atoms with Crippen LogP contribution in [0.15, 0.2) is 24.3 Å². The maximum absolute atomic E-state index is 12.0. The molecule has 6 nitrogen and oxygen atoms in total. The summed E-state index contributed by atoms with van der Waals surface area (Å²) < 4.78 is 10.3. The van der Waals surface area contributed by atoms with Crippen LogP contribution < -0.4 is 10.6 Å². The largest absolute Gasteiger partial charge is 0.450 e. The molecule has 23 heavy (non-hydrogen) atoms. The van der Waals surface area contributed by atoms with E-state index in [-0.39, 0.29) is 5.91 Å². The number of hydrogen-bond donors (Lipinski definition) is 2. The number of carbonyl (C=O) groups excluding carboxylic acids is 2. The number of carbonyl (C=O) groups is 2. The Hall–Kier alpha value is -2.08. The molecule has 6 heteroatoms. The van der Waals surface area contributed by atoms with Crippen molar-refractivity contribution in [2.75, 3.05) is 31.7 Å². The number of nitrogens with one attached hydrogen (secondary N) is 2. The average molecular weight is 320 g/mol. The highest BCUT2D eigenvalue weighted by Crippen LogP contribution is 2.28. The summed E-state index contributed by atoms with van der Waals surface area (Å²) in [5, 5.41) is 5.43. The van der Waals surface area contributed by atoms with Crippen LogP contribution in [0.5, 0.6) is 0 Å². The lowest BCUT2D eigenvalue weighted by atomic mass is 10.2. The van der Waals surface area contributed by atoms with E-state index < -0.39 is 6.09 Å². The Balaban J connectivity index is 1.64. The summed E-state index contributed by atoms with van der Waals surface area (Å²) in [5.74, 6) is 0.640. The molecule has 1 fully saturated rings. The van der Waals surface area contributed by atoms with Gasteiger partial charge in [-0.15, -0.1) is 0 Å². The van der Waals surface area contributed by atoms with E-state index in [4.69, 9.17) is 9.47 Å². The maximum Gasteiger partial charge on any atom is 0.411 e. The Kier molecular flexibility index (Phi) is 6.87. The standard InChI is InChI=1S/C17H24N2O4/c1-2-23-17(21)19-15-8-6-14(7-9-15)16(20)18-10-3-11-22-12-13-4-5-13/h6-9,13H,2-5,10-12H2,1H3,(H,18,20)(H,19,21). The van der Waals surface area contributed by atoms with Gasteiger partial charge in [-0.25, -0.2) is 4.79 Å². The summed E-state index contributed by atoms with van der Waals surface area (Å²) in [6.07, 6.45) is 2.88. The van der Waals surface area contributed by atoms with Gasteiger partial charge in [0.2, 0.25) is 0 Å². The Morgan fingerprint density at radius 3 is 2.61 bits per heavy atom. The predicted octanol–water partition coefficient (Wildman–Crippen LogP) is 2.80. The minimum atomic E-state index is -0.504. The fourth-order valence-electron chi connectivity index (χ4n) is 2.00. The third-order valence-corrected chi connectivity index (χ3v) is 3.47. The van der Waals surface area contributed by atoms with Gasteiger partial charge in [-0.2, -0.15) is 0 Å². The van der Waals surface area contributed by atoms with Crippen LogP contribution in [0, 0.1) is 5.92 Å². The lowest BCUT2D eigenvalue weighted by Crippen LogP contribution is -2.25. The number of rotatable bonds is 9. The lowest BCUT2D eigenvalue weighted by molar-refractivity contribution is 0.0937. The van der Waals surface area contributed by atoms with E-state index in [0.29, 0.717) is 31.0 Å². The lowest BCUT2D eigenvalue weighted by Gasteiger charge is -2.08.